The second kappa shape index (κ2) is 6.88. The fourth-order valence-electron chi connectivity index (χ4n) is 1.44. The van der Waals surface area contributed by atoms with E-state index in [1.165, 1.54) is 13.8 Å². The van der Waals surface area contributed by atoms with Gasteiger partial charge < -0.3 is 15.3 Å². The maximum absolute atomic E-state index is 10.9. The second-order valence-corrected chi connectivity index (χ2v) is 4.33. The minimum Gasteiger partial charge on any atom is -0.481 e. The van der Waals surface area contributed by atoms with Gasteiger partial charge in [-0.1, -0.05) is 13.8 Å². The number of carboxylic acid groups (broad SMARTS) is 3. The van der Waals surface area contributed by atoms with Crippen molar-refractivity contribution >= 4 is 17.9 Å². The Morgan fingerprint density at radius 1 is 0.824 bits per heavy atom. The van der Waals surface area contributed by atoms with Crippen LogP contribution in [0.25, 0.3) is 0 Å². The molecule has 3 N–H and O–H groups in total. The normalized spacial score (nSPS) is 15.9. The van der Waals surface area contributed by atoms with Gasteiger partial charge in [-0.05, 0) is 19.3 Å². The first-order valence-electron chi connectivity index (χ1n) is 5.44. The van der Waals surface area contributed by atoms with E-state index in [-0.39, 0.29) is 19.3 Å². The minimum absolute atomic E-state index is 0.0248. The van der Waals surface area contributed by atoms with Crippen LogP contribution in [0.1, 0.15) is 33.1 Å². The summed E-state index contributed by atoms with van der Waals surface area (Å²) >= 11 is 0. The van der Waals surface area contributed by atoms with Gasteiger partial charge in [0, 0.05) is 0 Å². The van der Waals surface area contributed by atoms with Crippen LogP contribution in [0.4, 0.5) is 0 Å². The molecule has 0 aliphatic carbocycles. The van der Waals surface area contributed by atoms with E-state index in [4.69, 9.17) is 15.3 Å². The quantitative estimate of drug-likeness (QED) is 0.595. The van der Waals surface area contributed by atoms with Gasteiger partial charge in [-0.25, -0.2) is 0 Å². The number of carboxylic acids is 3. The average Bonchev–Trinajstić information content (AvgIpc) is 2.22. The molecule has 0 heterocycles. The van der Waals surface area contributed by atoms with Crippen LogP contribution >= 0.6 is 0 Å². The molecule has 0 aromatic heterocycles. The third-order valence-electron chi connectivity index (χ3n) is 2.78. The van der Waals surface area contributed by atoms with Crippen LogP contribution in [0.3, 0.4) is 0 Å². The van der Waals surface area contributed by atoms with Crippen LogP contribution < -0.4 is 0 Å². The standard InChI is InChI=1S/C11H18O6/c1-6(9(12)13)3-4-8(11(16)17)5-7(2)10(14)15/h6-8H,3-5H2,1-2H3,(H,12,13)(H,14,15)(H,16,17)/t6?,7?,8-/m0/s1. The van der Waals surface area contributed by atoms with Crippen molar-refractivity contribution in [1.82, 2.24) is 0 Å². The number of hydrogen-bond donors (Lipinski definition) is 3. The molecule has 0 saturated heterocycles. The maximum atomic E-state index is 10.9. The SMILES string of the molecule is CC(CC[C@@H](CC(C)C(=O)O)C(=O)O)C(=O)O. The Bertz CT molecular complexity index is 298. The molecule has 0 fully saturated rings. The molecule has 2 unspecified atom stereocenters. The van der Waals surface area contributed by atoms with Gasteiger partial charge in [-0.2, -0.15) is 0 Å². The van der Waals surface area contributed by atoms with Crippen molar-refractivity contribution in [2.45, 2.75) is 33.1 Å². The molecule has 3 atom stereocenters. The lowest BCUT2D eigenvalue weighted by Crippen LogP contribution is -2.22. The van der Waals surface area contributed by atoms with Crippen molar-refractivity contribution in [3.05, 3.63) is 0 Å². The number of aliphatic carboxylic acids is 3. The molecule has 0 aromatic carbocycles. The molecule has 0 bridgehead atoms. The number of carbonyl (C=O) groups is 3. The monoisotopic (exact) mass is 246 g/mol. The number of hydrogen-bond acceptors (Lipinski definition) is 3. The van der Waals surface area contributed by atoms with Gasteiger partial charge in [-0.3, -0.25) is 14.4 Å². The zero-order valence-corrected chi connectivity index (χ0v) is 9.92. The predicted molar refractivity (Wildman–Crippen MR) is 58.6 cm³/mol. The highest BCUT2D eigenvalue weighted by Gasteiger charge is 2.25. The maximum Gasteiger partial charge on any atom is 0.306 e. The Balaban J connectivity index is 4.31. The van der Waals surface area contributed by atoms with Crippen LogP contribution in [0.5, 0.6) is 0 Å². The zero-order chi connectivity index (χ0) is 13.6. The van der Waals surface area contributed by atoms with Crippen molar-refractivity contribution in [2.75, 3.05) is 0 Å². The fraction of sp³-hybridized carbons (Fsp3) is 0.727. The molecule has 0 spiro atoms. The molecule has 0 radical (unpaired) electrons. The molecule has 0 aromatic rings. The molecule has 6 heteroatoms. The summed E-state index contributed by atoms with van der Waals surface area (Å²) in [6.45, 7) is 2.95. The summed E-state index contributed by atoms with van der Waals surface area (Å²) in [7, 11) is 0. The van der Waals surface area contributed by atoms with Gasteiger partial charge in [0.2, 0.25) is 0 Å². The highest BCUT2D eigenvalue weighted by atomic mass is 16.4. The van der Waals surface area contributed by atoms with Gasteiger partial charge in [0.15, 0.2) is 0 Å². The molecule has 0 aliphatic rings. The van der Waals surface area contributed by atoms with E-state index in [0.29, 0.717) is 0 Å². The Morgan fingerprint density at radius 2 is 1.29 bits per heavy atom. The number of rotatable bonds is 8. The van der Waals surface area contributed by atoms with E-state index in [1.807, 2.05) is 0 Å². The summed E-state index contributed by atoms with van der Waals surface area (Å²) in [5.74, 6) is -5.24. The van der Waals surface area contributed by atoms with Crippen LogP contribution in [-0.4, -0.2) is 33.2 Å². The van der Waals surface area contributed by atoms with Crippen molar-refractivity contribution in [3.63, 3.8) is 0 Å². The van der Waals surface area contributed by atoms with Crippen molar-refractivity contribution < 1.29 is 29.7 Å². The molecule has 0 amide bonds. The molecule has 0 aliphatic heterocycles. The Morgan fingerprint density at radius 3 is 1.65 bits per heavy atom. The first-order chi connectivity index (χ1) is 7.75. The molecule has 6 nitrogen and oxygen atoms in total. The van der Waals surface area contributed by atoms with Gasteiger partial charge in [-0.15, -0.1) is 0 Å². The van der Waals surface area contributed by atoms with E-state index >= 15 is 0 Å². The van der Waals surface area contributed by atoms with Crippen LogP contribution in [0.2, 0.25) is 0 Å². The summed E-state index contributed by atoms with van der Waals surface area (Å²) in [6, 6.07) is 0. The van der Waals surface area contributed by atoms with Gasteiger partial charge in [0.1, 0.15) is 0 Å². The molecule has 0 rings (SSSR count). The van der Waals surface area contributed by atoms with Crippen LogP contribution in [-0.2, 0) is 14.4 Å². The van der Waals surface area contributed by atoms with Crippen LogP contribution in [0, 0.1) is 17.8 Å². The lowest BCUT2D eigenvalue weighted by molar-refractivity contribution is -0.147. The lowest BCUT2D eigenvalue weighted by Gasteiger charge is -2.15. The highest BCUT2D eigenvalue weighted by Crippen LogP contribution is 2.20. The van der Waals surface area contributed by atoms with E-state index in [2.05, 4.69) is 0 Å². The largest absolute Gasteiger partial charge is 0.481 e. The summed E-state index contributed by atoms with van der Waals surface area (Å²) in [6.07, 6.45) is 0.441. The second-order valence-electron chi connectivity index (χ2n) is 4.33. The lowest BCUT2D eigenvalue weighted by atomic mass is 9.89. The molecule has 0 saturated carbocycles. The molecule has 98 valence electrons. The third kappa shape index (κ3) is 5.89. The Kier molecular flexibility index (Phi) is 6.23. The Hall–Kier alpha value is -1.59. The summed E-state index contributed by atoms with van der Waals surface area (Å²) in [4.78, 5) is 32.1. The van der Waals surface area contributed by atoms with Crippen molar-refractivity contribution in [1.29, 1.82) is 0 Å². The predicted octanol–water partition coefficient (Wildman–Crippen LogP) is 1.30. The van der Waals surface area contributed by atoms with Gasteiger partial charge in [0.05, 0.1) is 17.8 Å². The Labute approximate surface area is 99.3 Å². The molecular weight excluding hydrogens is 228 g/mol. The molecule has 17 heavy (non-hydrogen) atoms. The van der Waals surface area contributed by atoms with Gasteiger partial charge >= 0.3 is 17.9 Å². The van der Waals surface area contributed by atoms with E-state index < -0.39 is 35.7 Å². The average molecular weight is 246 g/mol. The summed E-state index contributed by atoms with van der Waals surface area (Å²) < 4.78 is 0. The zero-order valence-electron chi connectivity index (χ0n) is 9.92. The van der Waals surface area contributed by atoms with E-state index in [1.54, 1.807) is 0 Å². The van der Waals surface area contributed by atoms with Crippen molar-refractivity contribution in [2.24, 2.45) is 17.8 Å². The summed E-state index contributed by atoms with van der Waals surface area (Å²) in [5, 5.41) is 26.3. The topological polar surface area (TPSA) is 112 Å². The minimum atomic E-state index is -1.07. The van der Waals surface area contributed by atoms with E-state index in [0.717, 1.165) is 0 Å². The van der Waals surface area contributed by atoms with Crippen molar-refractivity contribution in [3.8, 4) is 0 Å². The van der Waals surface area contributed by atoms with E-state index in [9.17, 15) is 14.4 Å². The highest BCUT2D eigenvalue weighted by molar-refractivity contribution is 5.73. The third-order valence-corrected chi connectivity index (χ3v) is 2.78. The smallest absolute Gasteiger partial charge is 0.306 e. The summed E-state index contributed by atoms with van der Waals surface area (Å²) in [5.41, 5.74) is 0. The fourth-order valence-corrected chi connectivity index (χ4v) is 1.44. The first kappa shape index (κ1) is 15.4. The van der Waals surface area contributed by atoms with Crippen LogP contribution in [0.15, 0.2) is 0 Å². The van der Waals surface area contributed by atoms with Gasteiger partial charge in [0.25, 0.3) is 0 Å². The first-order valence-corrected chi connectivity index (χ1v) is 5.44. The molecular formula is C11H18O6.